The third-order valence-electron chi connectivity index (χ3n) is 2.70. The van der Waals surface area contributed by atoms with E-state index in [0.717, 1.165) is 25.7 Å². The smallest absolute Gasteiger partial charge is 0.306 e. The van der Waals surface area contributed by atoms with E-state index in [2.05, 4.69) is 20.1 Å². The summed E-state index contributed by atoms with van der Waals surface area (Å²) in [6.45, 7) is 0. The SMILES string of the molecule is O=C(O)C1CCC(Nc2nnns2)CC1. The zero-order valence-electron chi connectivity index (χ0n) is 8.09. The highest BCUT2D eigenvalue weighted by Gasteiger charge is 2.26. The van der Waals surface area contributed by atoms with Crippen LogP contribution in [0.5, 0.6) is 0 Å². The average Bonchev–Trinajstić information content (AvgIpc) is 2.71. The van der Waals surface area contributed by atoms with Crippen molar-refractivity contribution in [2.45, 2.75) is 31.7 Å². The number of carbonyl (C=O) groups is 1. The molecule has 1 aliphatic carbocycles. The summed E-state index contributed by atoms with van der Waals surface area (Å²) < 4.78 is 3.65. The van der Waals surface area contributed by atoms with Crippen molar-refractivity contribution in [3.8, 4) is 0 Å². The second kappa shape index (κ2) is 4.52. The molecule has 0 amide bonds. The van der Waals surface area contributed by atoms with Gasteiger partial charge in [0.15, 0.2) is 0 Å². The van der Waals surface area contributed by atoms with Gasteiger partial charge in [0, 0.05) is 17.6 Å². The summed E-state index contributed by atoms with van der Waals surface area (Å²) >= 11 is 1.22. The number of hydrogen-bond acceptors (Lipinski definition) is 6. The van der Waals surface area contributed by atoms with Gasteiger partial charge in [-0.25, -0.2) is 0 Å². The second-order valence-electron chi connectivity index (χ2n) is 3.70. The molecule has 15 heavy (non-hydrogen) atoms. The molecule has 6 nitrogen and oxygen atoms in total. The van der Waals surface area contributed by atoms with Gasteiger partial charge in [0.2, 0.25) is 5.13 Å². The van der Waals surface area contributed by atoms with E-state index >= 15 is 0 Å². The van der Waals surface area contributed by atoms with E-state index in [1.807, 2.05) is 0 Å². The Labute approximate surface area is 90.9 Å². The maximum atomic E-state index is 10.7. The number of aromatic nitrogens is 3. The Balaban J connectivity index is 1.81. The van der Waals surface area contributed by atoms with Crippen molar-refractivity contribution in [3.05, 3.63) is 0 Å². The Bertz CT molecular complexity index is 321. The predicted octanol–water partition coefficient (Wildman–Crippen LogP) is 0.988. The summed E-state index contributed by atoms with van der Waals surface area (Å²) in [7, 11) is 0. The van der Waals surface area contributed by atoms with Crippen molar-refractivity contribution in [1.29, 1.82) is 0 Å². The third kappa shape index (κ3) is 2.62. The Morgan fingerprint density at radius 2 is 2.13 bits per heavy atom. The Morgan fingerprint density at radius 1 is 1.40 bits per heavy atom. The van der Waals surface area contributed by atoms with Gasteiger partial charge in [0.05, 0.1) is 5.92 Å². The van der Waals surface area contributed by atoms with Gasteiger partial charge in [-0.2, -0.15) is 0 Å². The van der Waals surface area contributed by atoms with Crippen LogP contribution in [0, 0.1) is 5.92 Å². The summed E-state index contributed by atoms with van der Waals surface area (Å²) in [5, 5.41) is 20.0. The van der Waals surface area contributed by atoms with Crippen molar-refractivity contribution in [2.75, 3.05) is 5.32 Å². The molecule has 1 aromatic heterocycles. The molecule has 0 bridgehead atoms. The molecular formula is C8H12N4O2S. The lowest BCUT2D eigenvalue weighted by molar-refractivity contribution is -0.142. The number of rotatable bonds is 3. The van der Waals surface area contributed by atoms with E-state index in [9.17, 15) is 4.79 Å². The normalized spacial score (nSPS) is 26.1. The molecule has 0 spiro atoms. The molecule has 1 fully saturated rings. The molecule has 1 aliphatic rings. The number of anilines is 1. The molecule has 1 saturated carbocycles. The summed E-state index contributed by atoms with van der Waals surface area (Å²) in [6.07, 6.45) is 3.21. The molecule has 0 atom stereocenters. The van der Waals surface area contributed by atoms with Crippen LogP contribution < -0.4 is 5.32 Å². The van der Waals surface area contributed by atoms with Crippen molar-refractivity contribution >= 4 is 22.6 Å². The summed E-state index contributed by atoms with van der Waals surface area (Å²) in [5.74, 6) is -0.846. The highest BCUT2D eigenvalue weighted by molar-refractivity contribution is 7.09. The van der Waals surface area contributed by atoms with Gasteiger partial charge in [-0.1, -0.05) is 9.59 Å². The van der Waals surface area contributed by atoms with Gasteiger partial charge in [-0.3, -0.25) is 4.79 Å². The van der Waals surface area contributed by atoms with Crippen LogP contribution in [0.2, 0.25) is 0 Å². The lowest BCUT2D eigenvalue weighted by atomic mass is 9.86. The molecule has 0 radical (unpaired) electrons. The first-order valence-corrected chi connectivity index (χ1v) is 5.67. The zero-order valence-corrected chi connectivity index (χ0v) is 8.90. The number of nitrogens with zero attached hydrogens (tertiary/aromatic N) is 3. The van der Waals surface area contributed by atoms with Crippen LogP contribution in [0.4, 0.5) is 5.13 Å². The van der Waals surface area contributed by atoms with Gasteiger partial charge in [0.1, 0.15) is 0 Å². The van der Waals surface area contributed by atoms with E-state index < -0.39 is 5.97 Å². The minimum Gasteiger partial charge on any atom is -0.481 e. The fourth-order valence-corrected chi connectivity index (χ4v) is 2.29. The predicted molar refractivity (Wildman–Crippen MR) is 54.7 cm³/mol. The molecule has 2 rings (SSSR count). The van der Waals surface area contributed by atoms with Crippen LogP contribution in [0.3, 0.4) is 0 Å². The minimum atomic E-state index is -0.675. The van der Waals surface area contributed by atoms with E-state index in [1.54, 1.807) is 0 Å². The summed E-state index contributed by atoms with van der Waals surface area (Å²) in [4.78, 5) is 10.7. The number of hydrogen-bond donors (Lipinski definition) is 2. The molecule has 2 N–H and O–H groups in total. The zero-order chi connectivity index (χ0) is 10.7. The van der Waals surface area contributed by atoms with Crippen LogP contribution in [-0.4, -0.2) is 31.9 Å². The largest absolute Gasteiger partial charge is 0.481 e. The maximum absolute atomic E-state index is 10.7. The van der Waals surface area contributed by atoms with Crippen molar-refractivity contribution in [2.24, 2.45) is 5.92 Å². The molecule has 0 saturated heterocycles. The van der Waals surface area contributed by atoms with Crippen molar-refractivity contribution < 1.29 is 9.90 Å². The van der Waals surface area contributed by atoms with E-state index in [1.165, 1.54) is 11.5 Å². The highest BCUT2D eigenvalue weighted by Crippen LogP contribution is 2.26. The Hall–Kier alpha value is -1.24. The lowest BCUT2D eigenvalue weighted by Gasteiger charge is -2.26. The number of nitrogens with one attached hydrogen (secondary N) is 1. The molecular weight excluding hydrogens is 216 g/mol. The van der Waals surface area contributed by atoms with Crippen LogP contribution in [0.25, 0.3) is 0 Å². The first-order valence-electron chi connectivity index (χ1n) is 4.90. The fraction of sp³-hybridized carbons (Fsp3) is 0.750. The van der Waals surface area contributed by atoms with E-state index in [-0.39, 0.29) is 5.92 Å². The molecule has 1 aromatic rings. The summed E-state index contributed by atoms with van der Waals surface area (Å²) in [5.41, 5.74) is 0. The van der Waals surface area contributed by atoms with Gasteiger partial charge >= 0.3 is 5.97 Å². The maximum Gasteiger partial charge on any atom is 0.306 e. The van der Waals surface area contributed by atoms with Crippen LogP contribution in [0.15, 0.2) is 0 Å². The molecule has 0 aliphatic heterocycles. The number of aliphatic carboxylic acids is 1. The second-order valence-corrected chi connectivity index (χ2v) is 4.43. The van der Waals surface area contributed by atoms with Crippen molar-refractivity contribution in [1.82, 2.24) is 14.8 Å². The Morgan fingerprint density at radius 3 is 2.67 bits per heavy atom. The minimum absolute atomic E-state index is 0.171. The third-order valence-corrected chi connectivity index (χ3v) is 3.23. The highest BCUT2D eigenvalue weighted by atomic mass is 32.1. The number of carboxylic acids is 1. The Kier molecular flexibility index (Phi) is 3.10. The molecule has 7 heteroatoms. The monoisotopic (exact) mass is 228 g/mol. The number of carboxylic acid groups (broad SMARTS) is 1. The molecule has 1 heterocycles. The average molecular weight is 228 g/mol. The van der Waals surface area contributed by atoms with Crippen LogP contribution in [0.1, 0.15) is 25.7 Å². The van der Waals surface area contributed by atoms with Gasteiger partial charge in [0.25, 0.3) is 0 Å². The molecule has 0 unspecified atom stereocenters. The van der Waals surface area contributed by atoms with Crippen molar-refractivity contribution in [3.63, 3.8) is 0 Å². The van der Waals surface area contributed by atoms with E-state index in [4.69, 9.17) is 5.11 Å². The summed E-state index contributed by atoms with van der Waals surface area (Å²) in [6, 6.07) is 0.315. The lowest BCUT2D eigenvalue weighted by Crippen LogP contribution is -2.29. The fourth-order valence-electron chi connectivity index (χ4n) is 1.85. The van der Waals surface area contributed by atoms with Gasteiger partial charge in [-0.15, -0.1) is 0 Å². The van der Waals surface area contributed by atoms with Crippen LogP contribution in [-0.2, 0) is 4.79 Å². The first kappa shape index (κ1) is 10.3. The van der Waals surface area contributed by atoms with Crippen LogP contribution >= 0.6 is 11.5 Å². The topological polar surface area (TPSA) is 88.0 Å². The standard InChI is InChI=1S/C8H12N4O2S/c13-7(14)5-1-3-6(4-2-5)9-8-10-11-12-15-8/h5-6H,1-4H2,(H,13,14)(H,9,10,12). The first-order chi connectivity index (χ1) is 7.25. The molecule has 82 valence electrons. The van der Waals surface area contributed by atoms with Gasteiger partial charge in [-0.05, 0) is 30.9 Å². The molecule has 0 aromatic carbocycles. The van der Waals surface area contributed by atoms with Gasteiger partial charge < -0.3 is 10.4 Å². The quantitative estimate of drug-likeness (QED) is 0.802. The van der Waals surface area contributed by atoms with E-state index in [0.29, 0.717) is 11.2 Å².